The summed E-state index contributed by atoms with van der Waals surface area (Å²) in [6.07, 6.45) is 3.75. The average molecular weight is 241 g/mol. The van der Waals surface area contributed by atoms with E-state index >= 15 is 0 Å². The van der Waals surface area contributed by atoms with E-state index in [2.05, 4.69) is 5.32 Å². The van der Waals surface area contributed by atoms with Crippen LogP contribution in [0.4, 0.5) is 0 Å². The van der Waals surface area contributed by atoms with Crippen LogP contribution in [-0.2, 0) is 9.59 Å². The summed E-state index contributed by atoms with van der Waals surface area (Å²) >= 11 is 0. The number of rotatable bonds is 4. The zero-order valence-electron chi connectivity index (χ0n) is 11.0. The quantitative estimate of drug-likeness (QED) is 0.733. The molecule has 98 valence electrons. The number of carbonyl (C=O) groups excluding carboxylic acids is 2. The van der Waals surface area contributed by atoms with Gasteiger partial charge in [0.25, 0.3) is 0 Å². The summed E-state index contributed by atoms with van der Waals surface area (Å²) in [5.41, 5.74) is 5.28. The van der Waals surface area contributed by atoms with E-state index in [1.54, 1.807) is 21.0 Å². The number of nitrogens with two attached hydrogens (primary N) is 1. The fraction of sp³-hybridized carbons (Fsp3) is 0.833. The first-order valence-electron chi connectivity index (χ1n) is 6.15. The molecule has 17 heavy (non-hydrogen) atoms. The van der Waals surface area contributed by atoms with Gasteiger partial charge in [-0.25, -0.2) is 0 Å². The fourth-order valence-corrected chi connectivity index (χ4v) is 2.37. The summed E-state index contributed by atoms with van der Waals surface area (Å²) in [5, 5.41) is 2.78. The lowest BCUT2D eigenvalue weighted by atomic mass is 9.85. The van der Waals surface area contributed by atoms with E-state index in [1.165, 1.54) is 4.90 Å². The largest absolute Gasteiger partial charge is 0.347 e. The third-order valence-electron chi connectivity index (χ3n) is 3.59. The number of hydrogen-bond donors (Lipinski definition) is 2. The van der Waals surface area contributed by atoms with Crippen molar-refractivity contribution in [1.82, 2.24) is 10.2 Å². The third-order valence-corrected chi connectivity index (χ3v) is 3.59. The Balaban J connectivity index is 2.62. The minimum absolute atomic E-state index is 0.0693. The number of nitrogens with zero attached hydrogens (tertiary/aromatic N) is 1. The van der Waals surface area contributed by atoms with Gasteiger partial charge in [0, 0.05) is 20.6 Å². The van der Waals surface area contributed by atoms with Crippen LogP contribution < -0.4 is 11.1 Å². The van der Waals surface area contributed by atoms with Crippen molar-refractivity contribution in [1.29, 1.82) is 0 Å². The van der Waals surface area contributed by atoms with Crippen molar-refractivity contribution in [2.24, 2.45) is 11.1 Å². The molecule has 0 aromatic rings. The van der Waals surface area contributed by atoms with Gasteiger partial charge in [0.1, 0.15) is 6.04 Å². The van der Waals surface area contributed by atoms with Gasteiger partial charge in [0.15, 0.2) is 0 Å². The number of hydrogen-bond acceptors (Lipinski definition) is 3. The van der Waals surface area contributed by atoms with Crippen LogP contribution in [0.5, 0.6) is 0 Å². The summed E-state index contributed by atoms with van der Waals surface area (Å²) in [6.45, 7) is 2.07. The van der Waals surface area contributed by atoms with Gasteiger partial charge < -0.3 is 16.0 Å². The van der Waals surface area contributed by atoms with Gasteiger partial charge in [-0.3, -0.25) is 9.59 Å². The highest BCUT2D eigenvalue weighted by Gasteiger charge is 2.40. The molecule has 1 aliphatic carbocycles. The van der Waals surface area contributed by atoms with Gasteiger partial charge in [0.2, 0.25) is 11.8 Å². The highest BCUT2D eigenvalue weighted by molar-refractivity contribution is 5.90. The Morgan fingerprint density at radius 3 is 2.29 bits per heavy atom. The Kier molecular flexibility index (Phi) is 4.51. The predicted octanol–water partition coefficient (Wildman–Crippen LogP) is 0.0984. The zero-order chi connectivity index (χ0) is 13.1. The molecule has 1 saturated carbocycles. The van der Waals surface area contributed by atoms with E-state index in [4.69, 9.17) is 5.73 Å². The van der Waals surface area contributed by atoms with Gasteiger partial charge in [-0.1, -0.05) is 12.8 Å². The number of nitrogens with one attached hydrogen (secondary N) is 1. The molecule has 0 bridgehead atoms. The number of carbonyl (C=O) groups is 2. The average Bonchev–Trinajstić information content (AvgIpc) is 2.77. The van der Waals surface area contributed by atoms with Crippen molar-refractivity contribution < 1.29 is 9.59 Å². The third kappa shape index (κ3) is 2.97. The van der Waals surface area contributed by atoms with Crippen molar-refractivity contribution in [3.05, 3.63) is 0 Å². The molecule has 1 aliphatic rings. The van der Waals surface area contributed by atoms with Gasteiger partial charge in [-0.2, -0.15) is 0 Å². The Bertz CT molecular complexity index is 296. The zero-order valence-corrected chi connectivity index (χ0v) is 11.0. The van der Waals surface area contributed by atoms with E-state index in [0.717, 1.165) is 25.7 Å². The highest BCUT2D eigenvalue weighted by Crippen LogP contribution is 2.37. The summed E-state index contributed by atoms with van der Waals surface area (Å²) in [4.78, 5) is 25.3. The first kappa shape index (κ1) is 14.0. The second-order valence-electron chi connectivity index (χ2n) is 5.12. The number of amides is 2. The Hall–Kier alpha value is -1.10. The van der Waals surface area contributed by atoms with Crippen molar-refractivity contribution in [2.75, 3.05) is 20.6 Å². The molecule has 1 unspecified atom stereocenters. The summed E-state index contributed by atoms with van der Waals surface area (Å²) in [7, 11) is 3.36. The lowest BCUT2D eigenvalue weighted by Crippen LogP contribution is -2.51. The van der Waals surface area contributed by atoms with Crippen LogP contribution >= 0.6 is 0 Å². The van der Waals surface area contributed by atoms with E-state index in [0.29, 0.717) is 6.54 Å². The highest BCUT2D eigenvalue weighted by atomic mass is 16.2. The van der Waals surface area contributed by atoms with Crippen molar-refractivity contribution in [2.45, 2.75) is 38.6 Å². The van der Waals surface area contributed by atoms with Crippen molar-refractivity contribution >= 4 is 11.8 Å². The topological polar surface area (TPSA) is 75.4 Å². The van der Waals surface area contributed by atoms with Gasteiger partial charge >= 0.3 is 0 Å². The van der Waals surface area contributed by atoms with E-state index in [9.17, 15) is 9.59 Å². The Labute approximate surface area is 103 Å². The summed E-state index contributed by atoms with van der Waals surface area (Å²) < 4.78 is 0. The summed E-state index contributed by atoms with van der Waals surface area (Å²) in [5.74, 6) is -0.163. The maximum absolute atomic E-state index is 12.2. The van der Waals surface area contributed by atoms with Crippen LogP contribution in [-0.4, -0.2) is 43.4 Å². The van der Waals surface area contributed by atoms with Crippen LogP contribution in [0.3, 0.4) is 0 Å². The Morgan fingerprint density at radius 2 is 1.88 bits per heavy atom. The molecular formula is C12H23N3O2. The van der Waals surface area contributed by atoms with Gasteiger partial charge in [-0.05, 0) is 19.8 Å². The molecule has 0 saturated heterocycles. The maximum atomic E-state index is 12.2. The van der Waals surface area contributed by atoms with Crippen LogP contribution in [0, 0.1) is 5.41 Å². The first-order chi connectivity index (χ1) is 7.93. The van der Waals surface area contributed by atoms with Crippen LogP contribution in [0.2, 0.25) is 0 Å². The smallest absolute Gasteiger partial charge is 0.244 e. The molecule has 1 fully saturated rings. The Morgan fingerprint density at radius 1 is 1.35 bits per heavy atom. The van der Waals surface area contributed by atoms with Crippen molar-refractivity contribution in [3.8, 4) is 0 Å². The molecule has 0 radical (unpaired) electrons. The molecule has 3 N–H and O–H groups in total. The molecular weight excluding hydrogens is 218 g/mol. The lowest BCUT2D eigenvalue weighted by molar-refractivity contribution is -0.137. The molecule has 0 spiro atoms. The second-order valence-corrected chi connectivity index (χ2v) is 5.12. The van der Waals surface area contributed by atoms with E-state index < -0.39 is 11.5 Å². The maximum Gasteiger partial charge on any atom is 0.244 e. The molecule has 0 aromatic heterocycles. The van der Waals surface area contributed by atoms with Gasteiger partial charge in [0.05, 0.1) is 5.41 Å². The SMILES string of the molecule is CC(NC(=O)C1(CN)CCCC1)C(=O)N(C)C. The minimum atomic E-state index is -0.485. The minimum Gasteiger partial charge on any atom is -0.347 e. The molecule has 1 rings (SSSR count). The van der Waals surface area contributed by atoms with Crippen LogP contribution in [0.1, 0.15) is 32.6 Å². The second kappa shape index (κ2) is 5.49. The molecule has 2 amide bonds. The monoisotopic (exact) mass is 241 g/mol. The molecule has 1 atom stereocenters. The normalized spacial score (nSPS) is 19.8. The standard InChI is InChI=1S/C12H23N3O2/c1-9(10(16)15(2)3)14-11(17)12(8-13)6-4-5-7-12/h9H,4-8,13H2,1-3H3,(H,14,17). The molecule has 0 heterocycles. The molecule has 5 heteroatoms. The number of likely N-dealkylation sites (N-methyl/N-ethyl adjacent to an activating group) is 1. The lowest BCUT2D eigenvalue weighted by Gasteiger charge is -2.28. The fourth-order valence-electron chi connectivity index (χ4n) is 2.37. The van der Waals surface area contributed by atoms with Crippen LogP contribution in [0.25, 0.3) is 0 Å². The van der Waals surface area contributed by atoms with E-state index in [1.807, 2.05) is 0 Å². The molecule has 5 nitrogen and oxygen atoms in total. The molecule has 0 aromatic carbocycles. The first-order valence-corrected chi connectivity index (χ1v) is 6.15. The summed E-state index contributed by atoms with van der Waals surface area (Å²) in [6, 6.07) is -0.485. The van der Waals surface area contributed by atoms with Gasteiger partial charge in [-0.15, -0.1) is 0 Å². The predicted molar refractivity (Wildman–Crippen MR) is 66.3 cm³/mol. The van der Waals surface area contributed by atoms with Crippen molar-refractivity contribution in [3.63, 3.8) is 0 Å². The molecule has 0 aliphatic heterocycles. The van der Waals surface area contributed by atoms with Crippen LogP contribution in [0.15, 0.2) is 0 Å². The van der Waals surface area contributed by atoms with E-state index in [-0.39, 0.29) is 11.8 Å².